The van der Waals surface area contributed by atoms with Gasteiger partial charge in [0, 0.05) is 31.1 Å². The molecule has 2 nitrogen and oxygen atoms in total. The molecule has 5 rings (SSSR count). The summed E-state index contributed by atoms with van der Waals surface area (Å²) in [6, 6.07) is 30.0. The lowest BCUT2D eigenvalue weighted by atomic mass is 9.92. The summed E-state index contributed by atoms with van der Waals surface area (Å²) in [6.45, 7) is 2.17. The van der Waals surface area contributed by atoms with E-state index in [1.807, 2.05) is 0 Å². The molecule has 3 aromatic carbocycles. The maximum atomic E-state index is 3.73. The molecule has 142 valence electrons. The Hall–Kier alpha value is -2.42. The van der Waals surface area contributed by atoms with Gasteiger partial charge in [0.2, 0.25) is 0 Å². The molecule has 2 fully saturated rings. The van der Waals surface area contributed by atoms with Gasteiger partial charge in [-0.15, -0.1) is 0 Å². The van der Waals surface area contributed by atoms with Crippen LogP contribution in [0, 0.1) is 0 Å². The Bertz CT molecular complexity index is 916. The summed E-state index contributed by atoms with van der Waals surface area (Å²) in [5, 5.41) is 7.32. The molecule has 0 saturated heterocycles. The minimum atomic E-state index is 0.632. The third kappa shape index (κ3) is 4.04. The van der Waals surface area contributed by atoms with Gasteiger partial charge in [-0.2, -0.15) is 0 Å². The zero-order valence-electron chi connectivity index (χ0n) is 16.3. The number of rotatable bonds is 8. The average Bonchev–Trinajstić information content (AvgIpc) is 3.68. The zero-order chi connectivity index (χ0) is 18.8. The van der Waals surface area contributed by atoms with E-state index in [-0.39, 0.29) is 0 Å². The van der Waals surface area contributed by atoms with Gasteiger partial charge in [0.05, 0.1) is 0 Å². The third-order valence-electron chi connectivity index (χ3n) is 5.97. The van der Waals surface area contributed by atoms with Crippen LogP contribution >= 0.6 is 0 Å². The lowest BCUT2D eigenvalue weighted by Gasteiger charge is -2.13. The van der Waals surface area contributed by atoms with E-state index in [9.17, 15) is 0 Å². The summed E-state index contributed by atoms with van der Waals surface area (Å²) in [5.41, 5.74) is 6.69. The van der Waals surface area contributed by atoms with Gasteiger partial charge in [0.1, 0.15) is 0 Å². The molecule has 2 aliphatic rings. The van der Waals surface area contributed by atoms with E-state index in [1.54, 1.807) is 0 Å². The largest absolute Gasteiger partial charge is 0.313 e. The van der Waals surface area contributed by atoms with Crippen molar-refractivity contribution in [2.45, 2.75) is 37.3 Å². The van der Waals surface area contributed by atoms with Crippen LogP contribution in [0.25, 0.3) is 22.3 Å². The van der Waals surface area contributed by atoms with Crippen molar-refractivity contribution in [2.75, 3.05) is 13.1 Å². The van der Waals surface area contributed by atoms with Crippen molar-refractivity contribution in [3.05, 3.63) is 84.4 Å². The van der Waals surface area contributed by atoms with E-state index in [2.05, 4.69) is 89.5 Å². The second-order valence-corrected chi connectivity index (χ2v) is 8.17. The second kappa shape index (κ2) is 7.90. The minimum absolute atomic E-state index is 0.632. The van der Waals surface area contributed by atoms with Crippen LogP contribution in [0.15, 0.2) is 78.9 Å². The fourth-order valence-electron chi connectivity index (χ4n) is 4.13. The quantitative estimate of drug-likeness (QED) is 0.533. The molecule has 0 amide bonds. The predicted molar refractivity (Wildman–Crippen MR) is 117 cm³/mol. The van der Waals surface area contributed by atoms with Gasteiger partial charge in [0.15, 0.2) is 0 Å². The lowest BCUT2D eigenvalue weighted by Crippen LogP contribution is -2.30. The highest BCUT2D eigenvalue weighted by molar-refractivity contribution is 5.84. The van der Waals surface area contributed by atoms with Crippen LogP contribution in [0.4, 0.5) is 0 Å². The van der Waals surface area contributed by atoms with E-state index < -0.39 is 0 Å². The van der Waals surface area contributed by atoms with Crippen molar-refractivity contribution in [3.63, 3.8) is 0 Å². The van der Waals surface area contributed by atoms with Crippen molar-refractivity contribution in [2.24, 2.45) is 0 Å². The third-order valence-corrected chi connectivity index (χ3v) is 5.97. The first-order valence-corrected chi connectivity index (χ1v) is 10.6. The maximum Gasteiger partial charge on any atom is 0.0143 e. The first-order chi connectivity index (χ1) is 13.9. The van der Waals surface area contributed by atoms with Crippen LogP contribution in [-0.4, -0.2) is 25.2 Å². The van der Waals surface area contributed by atoms with E-state index in [1.165, 1.54) is 47.1 Å². The minimum Gasteiger partial charge on any atom is -0.313 e. The van der Waals surface area contributed by atoms with Crippen molar-refractivity contribution >= 4 is 0 Å². The molecule has 2 unspecified atom stereocenters. The molecule has 0 bridgehead atoms. The second-order valence-electron chi connectivity index (χ2n) is 8.17. The maximum absolute atomic E-state index is 3.73. The van der Waals surface area contributed by atoms with Gasteiger partial charge in [-0.1, -0.05) is 78.9 Å². The number of benzene rings is 3. The highest BCUT2D eigenvalue weighted by Gasteiger charge is 2.38. The molecule has 0 heterocycles. The molecule has 2 heteroatoms. The van der Waals surface area contributed by atoms with Gasteiger partial charge < -0.3 is 10.6 Å². The van der Waals surface area contributed by atoms with Crippen molar-refractivity contribution in [1.29, 1.82) is 0 Å². The van der Waals surface area contributed by atoms with Crippen LogP contribution in [0.2, 0.25) is 0 Å². The van der Waals surface area contributed by atoms with E-state index in [0.29, 0.717) is 12.0 Å². The molecule has 2 atom stereocenters. The number of hydrogen-bond acceptors (Lipinski definition) is 2. The summed E-state index contributed by atoms with van der Waals surface area (Å²) < 4.78 is 0. The molecule has 2 N–H and O–H groups in total. The molecule has 2 aliphatic carbocycles. The Morgan fingerprint density at radius 3 is 2.00 bits per heavy atom. The highest BCUT2D eigenvalue weighted by atomic mass is 15.0. The first kappa shape index (κ1) is 17.7. The molecule has 0 spiro atoms. The highest BCUT2D eigenvalue weighted by Crippen LogP contribution is 2.43. The van der Waals surface area contributed by atoms with Crippen LogP contribution in [0.1, 0.15) is 30.7 Å². The lowest BCUT2D eigenvalue weighted by molar-refractivity contribution is 0.600. The predicted octanol–water partition coefficient (Wildman–Crippen LogP) is 5.22. The topological polar surface area (TPSA) is 24.1 Å². The Labute approximate surface area is 168 Å². The first-order valence-electron chi connectivity index (χ1n) is 10.6. The van der Waals surface area contributed by atoms with Gasteiger partial charge in [-0.3, -0.25) is 0 Å². The molecule has 0 radical (unpaired) electrons. The molecule has 2 saturated carbocycles. The van der Waals surface area contributed by atoms with Gasteiger partial charge in [-0.05, 0) is 47.1 Å². The zero-order valence-corrected chi connectivity index (χ0v) is 16.3. The summed E-state index contributed by atoms with van der Waals surface area (Å²) in [4.78, 5) is 0. The summed E-state index contributed by atoms with van der Waals surface area (Å²) in [7, 11) is 0. The number of hydrogen-bond donors (Lipinski definition) is 2. The van der Waals surface area contributed by atoms with Gasteiger partial charge >= 0.3 is 0 Å². The van der Waals surface area contributed by atoms with Gasteiger partial charge in [0.25, 0.3) is 0 Å². The van der Waals surface area contributed by atoms with Gasteiger partial charge in [-0.25, -0.2) is 0 Å². The van der Waals surface area contributed by atoms with Crippen molar-refractivity contribution < 1.29 is 0 Å². The summed E-state index contributed by atoms with van der Waals surface area (Å²) >= 11 is 0. The number of nitrogens with one attached hydrogen (secondary N) is 2. The molecule has 0 aromatic heterocycles. The molecule has 0 aliphatic heterocycles. The fourth-order valence-corrected chi connectivity index (χ4v) is 4.13. The van der Waals surface area contributed by atoms with E-state index >= 15 is 0 Å². The molecular weight excluding hydrogens is 340 g/mol. The SMILES string of the molecule is c1ccc(-c2ccc(C3CC3NCCNC3CC3)cc2-c2ccccc2)cc1. The van der Waals surface area contributed by atoms with E-state index in [0.717, 1.165) is 19.1 Å². The smallest absolute Gasteiger partial charge is 0.0143 e. The Kier molecular flexibility index (Phi) is 4.99. The van der Waals surface area contributed by atoms with Crippen LogP contribution in [0.5, 0.6) is 0 Å². The monoisotopic (exact) mass is 368 g/mol. The van der Waals surface area contributed by atoms with Crippen molar-refractivity contribution in [1.82, 2.24) is 10.6 Å². The Balaban J connectivity index is 1.35. The molecule has 28 heavy (non-hydrogen) atoms. The summed E-state index contributed by atoms with van der Waals surface area (Å²) in [6.07, 6.45) is 3.98. The fraction of sp³-hybridized carbons (Fsp3) is 0.308. The normalized spacial score (nSPS) is 20.9. The summed E-state index contributed by atoms with van der Waals surface area (Å²) in [5.74, 6) is 0.646. The van der Waals surface area contributed by atoms with Crippen molar-refractivity contribution in [3.8, 4) is 22.3 Å². The molecule has 3 aromatic rings. The van der Waals surface area contributed by atoms with Crippen LogP contribution in [0.3, 0.4) is 0 Å². The average molecular weight is 369 g/mol. The standard InChI is InChI=1S/C26H28N2/c1-3-7-19(8-4-1)23-14-11-21(17-24(23)20-9-5-2-6-10-20)25-18-26(25)28-16-15-27-22-12-13-22/h1-11,14,17,22,25-28H,12-13,15-16,18H2. The molecular formula is C26H28N2. The van der Waals surface area contributed by atoms with E-state index in [4.69, 9.17) is 0 Å². The van der Waals surface area contributed by atoms with Crippen LogP contribution < -0.4 is 10.6 Å². The Morgan fingerprint density at radius 1 is 0.679 bits per heavy atom. The van der Waals surface area contributed by atoms with Crippen LogP contribution in [-0.2, 0) is 0 Å². The Morgan fingerprint density at radius 2 is 1.32 bits per heavy atom.